The summed E-state index contributed by atoms with van der Waals surface area (Å²) < 4.78 is 5.52. The number of aliphatic carboxylic acids is 1. The van der Waals surface area contributed by atoms with Crippen LogP contribution in [0.4, 0.5) is 0 Å². The molecule has 27 heavy (non-hydrogen) atoms. The zero-order valence-electron chi connectivity index (χ0n) is 16.3. The number of carboxylic acids is 1. The van der Waals surface area contributed by atoms with Gasteiger partial charge in [0.25, 0.3) is 0 Å². The first-order valence-corrected chi connectivity index (χ1v) is 10.5. The maximum atomic E-state index is 12.0. The fourth-order valence-electron chi connectivity index (χ4n) is 3.55. The molecule has 1 fully saturated rings. The maximum Gasteiger partial charge on any atom is 0.334 e. The molecule has 1 N–H and O–H groups in total. The van der Waals surface area contributed by atoms with E-state index in [4.69, 9.17) is 4.74 Å². The normalized spacial score (nSPS) is 20.7. The van der Waals surface area contributed by atoms with Gasteiger partial charge in [0, 0.05) is 19.6 Å². The van der Waals surface area contributed by atoms with Crippen molar-refractivity contribution in [2.75, 3.05) is 32.1 Å². The van der Waals surface area contributed by atoms with Crippen LogP contribution in [0.25, 0.3) is 0 Å². The third-order valence-electron chi connectivity index (χ3n) is 4.96. The Bertz CT molecular complexity index is 736. The van der Waals surface area contributed by atoms with Gasteiger partial charge in [-0.3, -0.25) is 0 Å². The molecule has 2 aliphatic rings. The summed E-state index contributed by atoms with van der Waals surface area (Å²) in [6.07, 6.45) is 2.04. The Morgan fingerprint density at radius 3 is 2.48 bits per heavy atom. The van der Waals surface area contributed by atoms with Gasteiger partial charge in [-0.15, -0.1) is 11.8 Å². The molecule has 0 aliphatic carbocycles. The molecule has 0 radical (unpaired) electrons. The van der Waals surface area contributed by atoms with E-state index in [0.29, 0.717) is 25.3 Å². The number of ether oxygens (including phenoxy) is 1. The second-order valence-corrected chi connectivity index (χ2v) is 8.28. The Morgan fingerprint density at radius 1 is 1.22 bits per heavy atom. The lowest BCUT2D eigenvalue weighted by atomic mass is 10.0. The lowest BCUT2D eigenvalue weighted by molar-refractivity contribution is -0.133. The van der Waals surface area contributed by atoms with E-state index in [1.807, 2.05) is 13.0 Å². The summed E-state index contributed by atoms with van der Waals surface area (Å²) in [4.78, 5) is 16.6. The average Bonchev–Trinajstić information content (AvgIpc) is 2.66. The number of carbonyl (C=O) groups is 1. The van der Waals surface area contributed by atoms with Crippen molar-refractivity contribution in [2.45, 2.75) is 32.7 Å². The van der Waals surface area contributed by atoms with E-state index in [1.54, 1.807) is 11.8 Å². The summed E-state index contributed by atoms with van der Waals surface area (Å²) in [7, 11) is 0. The van der Waals surface area contributed by atoms with Crippen molar-refractivity contribution in [3.8, 4) is 0 Å². The molecule has 2 aliphatic heterocycles. The smallest absolute Gasteiger partial charge is 0.334 e. The number of morpholine rings is 1. The molecule has 0 spiro atoms. The van der Waals surface area contributed by atoms with Gasteiger partial charge in [-0.1, -0.05) is 36.8 Å². The van der Waals surface area contributed by atoms with Gasteiger partial charge in [0.15, 0.2) is 0 Å². The SMILES string of the molecule is CCSC1C(C(=O)O)=C(C)C=C(N2CCOCC2)N1Cc1ccc(C)cc1. The van der Waals surface area contributed by atoms with Crippen molar-refractivity contribution in [3.63, 3.8) is 0 Å². The largest absolute Gasteiger partial charge is 0.478 e. The first-order chi connectivity index (χ1) is 13.0. The molecule has 1 aromatic rings. The highest BCUT2D eigenvalue weighted by molar-refractivity contribution is 8.00. The number of benzene rings is 1. The van der Waals surface area contributed by atoms with Gasteiger partial charge >= 0.3 is 5.97 Å². The summed E-state index contributed by atoms with van der Waals surface area (Å²) in [5, 5.41) is 9.66. The van der Waals surface area contributed by atoms with Crippen LogP contribution in [0.3, 0.4) is 0 Å². The van der Waals surface area contributed by atoms with Crippen molar-refractivity contribution in [3.05, 3.63) is 58.4 Å². The molecule has 2 heterocycles. The number of rotatable bonds is 6. The second-order valence-electron chi connectivity index (χ2n) is 6.92. The highest BCUT2D eigenvalue weighted by Crippen LogP contribution is 2.36. The zero-order valence-corrected chi connectivity index (χ0v) is 17.1. The summed E-state index contributed by atoms with van der Waals surface area (Å²) in [6.45, 7) is 9.82. The first-order valence-electron chi connectivity index (χ1n) is 9.43. The van der Waals surface area contributed by atoms with E-state index in [0.717, 1.165) is 30.2 Å². The Hall–Kier alpha value is -1.92. The minimum atomic E-state index is -0.829. The molecule has 3 rings (SSSR count). The van der Waals surface area contributed by atoms with E-state index in [2.05, 4.69) is 47.9 Å². The Morgan fingerprint density at radius 2 is 1.89 bits per heavy atom. The van der Waals surface area contributed by atoms with Crippen LogP contribution in [0.5, 0.6) is 0 Å². The van der Waals surface area contributed by atoms with Crippen LogP contribution in [-0.4, -0.2) is 58.3 Å². The molecule has 0 aromatic heterocycles. The molecular formula is C21H28N2O3S. The predicted octanol–water partition coefficient (Wildman–Crippen LogP) is 3.46. The Balaban J connectivity index is 2.00. The van der Waals surface area contributed by atoms with Crippen LogP contribution in [0.2, 0.25) is 0 Å². The fraction of sp³-hybridized carbons (Fsp3) is 0.476. The van der Waals surface area contributed by atoms with Gasteiger partial charge in [0.2, 0.25) is 0 Å². The molecule has 146 valence electrons. The van der Waals surface area contributed by atoms with Crippen molar-refractivity contribution in [2.24, 2.45) is 0 Å². The number of nitrogens with zero attached hydrogens (tertiary/aromatic N) is 2. The lowest BCUT2D eigenvalue weighted by Crippen LogP contribution is -2.47. The maximum absolute atomic E-state index is 12.0. The van der Waals surface area contributed by atoms with E-state index in [1.165, 1.54) is 11.1 Å². The van der Waals surface area contributed by atoms with Crippen LogP contribution >= 0.6 is 11.8 Å². The number of aryl methyl sites for hydroxylation is 1. The summed E-state index contributed by atoms with van der Waals surface area (Å²) in [5.74, 6) is 1.13. The summed E-state index contributed by atoms with van der Waals surface area (Å²) in [6, 6.07) is 8.48. The second kappa shape index (κ2) is 8.85. The van der Waals surface area contributed by atoms with Gasteiger partial charge in [-0.05, 0) is 36.8 Å². The van der Waals surface area contributed by atoms with E-state index >= 15 is 0 Å². The van der Waals surface area contributed by atoms with E-state index < -0.39 is 5.97 Å². The van der Waals surface area contributed by atoms with Crippen LogP contribution < -0.4 is 0 Å². The number of hydrogen-bond donors (Lipinski definition) is 1. The predicted molar refractivity (Wildman–Crippen MR) is 109 cm³/mol. The number of carboxylic acid groups (broad SMARTS) is 1. The average molecular weight is 389 g/mol. The summed E-state index contributed by atoms with van der Waals surface area (Å²) in [5.41, 5.74) is 3.75. The molecule has 1 saturated heterocycles. The number of thioether (sulfide) groups is 1. The molecule has 1 unspecified atom stereocenters. The third-order valence-corrected chi connectivity index (χ3v) is 6.10. The zero-order chi connectivity index (χ0) is 19.4. The molecule has 0 saturated carbocycles. The Labute approximate surface area is 165 Å². The number of allylic oxidation sites excluding steroid dienone is 2. The standard InChI is InChI=1S/C21H28N2O3S/c1-4-27-20-19(21(24)25)16(3)13-18(22-9-11-26-12-10-22)23(20)14-17-7-5-15(2)6-8-17/h5-8,13,20H,4,9-12,14H2,1-3H3,(H,24,25). The summed E-state index contributed by atoms with van der Waals surface area (Å²) >= 11 is 1.68. The third kappa shape index (κ3) is 4.50. The fourth-order valence-corrected chi connectivity index (χ4v) is 4.68. The van der Waals surface area contributed by atoms with Crippen LogP contribution in [0, 0.1) is 6.92 Å². The lowest BCUT2D eigenvalue weighted by Gasteiger charge is -2.44. The van der Waals surface area contributed by atoms with E-state index in [-0.39, 0.29) is 5.37 Å². The minimum Gasteiger partial charge on any atom is -0.478 e. The number of hydrogen-bond acceptors (Lipinski definition) is 5. The van der Waals surface area contributed by atoms with E-state index in [9.17, 15) is 9.90 Å². The van der Waals surface area contributed by atoms with Crippen LogP contribution in [0.15, 0.2) is 47.3 Å². The van der Waals surface area contributed by atoms with Crippen molar-refractivity contribution < 1.29 is 14.6 Å². The first kappa shape index (κ1) is 19.8. The Kier molecular flexibility index (Phi) is 6.50. The quantitative estimate of drug-likeness (QED) is 0.805. The van der Waals surface area contributed by atoms with Gasteiger partial charge < -0.3 is 19.6 Å². The van der Waals surface area contributed by atoms with Crippen molar-refractivity contribution in [1.82, 2.24) is 9.80 Å². The van der Waals surface area contributed by atoms with Crippen molar-refractivity contribution in [1.29, 1.82) is 0 Å². The molecule has 5 nitrogen and oxygen atoms in total. The van der Waals surface area contributed by atoms with Gasteiger partial charge in [-0.25, -0.2) is 4.79 Å². The monoisotopic (exact) mass is 388 g/mol. The van der Waals surface area contributed by atoms with Crippen LogP contribution in [0.1, 0.15) is 25.0 Å². The highest BCUT2D eigenvalue weighted by atomic mass is 32.2. The molecular weight excluding hydrogens is 360 g/mol. The minimum absolute atomic E-state index is 0.198. The molecule has 0 bridgehead atoms. The topological polar surface area (TPSA) is 53.0 Å². The van der Waals surface area contributed by atoms with Crippen molar-refractivity contribution >= 4 is 17.7 Å². The molecule has 1 atom stereocenters. The van der Waals surface area contributed by atoms with Gasteiger partial charge in [-0.2, -0.15) is 0 Å². The van der Waals surface area contributed by atoms with Gasteiger partial charge in [0.1, 0.15) is 11.2 Å². The van der Waals surface area contributed by atoms with Crippen LogP contribution in [-0.2, 0) is 16.1 Å². The van der Waals surface area contributed by atoms with Gasteiger partial charge in [0.05, 0.1) is 18.8 Å². The molecule has 0 amide bonds. The molecule has 1 aromatic carbocycles. The molecule has 6 heteroatoms. The highest BCUT2D eigenvalue weighted by Gasteiger charge is 2.35.